The van der Waals surface area contributed by atoms with E-state index in [0.29, 0.717) is 29.8 Å². The first kappa shape index (κ1) is 12.3. The number of carbonyl (C=O) groups is 2. The van der Waals surface area contributed by atoms with E-state index < -0.39 is 0 Å². The lowest BCUT2D eigenvalue weighted by Crippen LogP contribution is -2.28. The summed E-state index contributed by atoms with van der Waals surface area (Å²) < 4.78 is 0. The summed E-state index contributed by atoms with van der Waals surface area (Å²) in [5, 5.41) is 0. The lowest BCUT2D eigenvalue weighted by atomic mass is 9.78. The minimum Gasteiger partial charge on any atom is -0.299 e. The summed E-state index contributed by atoms with van der Waals surface area (Å²) in [6, 6.07) is 10.3. The van der Waals surface area contributed by atoms with Gasteiger partial charge in [0.2, 0.25) is 0 Å². The lowest BCUT2D eigenvalue weighted by Gasteiger charge is -2.24. The van der Waals surface area contributed by atoms with Crippen molar-refractivity contribution in [1.82, 2.24) is 0 Å². The van der Waals surface area contributed by atoms with E-state index in [1.165, 1.54) is 12.0 Å². The van der Waals surface area contributed by atoms with Gasteiger partial charge < -0.3 is 0 Å². The van der Waals surface area contributed by atoms with Crippen LogP contribution in [0.5, 0.6) is 0 Å². The van der Waals surface area contributed by atoms with E-state index in [9.17, 15) is 9.59 Å². The predicted octanol–water partition coefficient (Wildman–Crippen LogP) is 3.05. The molecule has 2 heteroatoms. The van der Waals surface area contributed by atoms with Crippen molar-refractivity contribution in [2.75, 3.05) is 0 Å². The average Bonchev–Trinajstić information content (AvgIpc) is 2.82. The summed E-state index contributed by atoms with van der Waals surface area (Å²) >= 11 is 0. The average molecular weight is 268 g/mol. The summed E-state index contributed by atoms with van der Waals surface area (Å²) in [6.45, 7) is 0. The third-order valence-electron chi connectivity index (χ3n) is 5.85. The van der Waals surface area contributed by atoms with Gasteiger partial charge in [-0.25, -0.2) is 0 Å². The molecule has 0 spiro atoms. The normalized spacial score (nSPS) is 39.1. The number of fused-ring (bicyclic) bond motifs is 5. The van der Waals surface area contributed by atoms with Crippen molar-refractivity contribution >= 4 is 11.6 Å². The van der Waals surface area contributed by atoms with Gasteiger partial charge in [-0.2, -0.15) is 0 Å². The van der Waals surface area contributed by atoms with Crippen molar-refractivity contribution in [2.45, 2.75) is 32.1 Å². The Labute approximate surface area is 119 Å². The standard InChI is InChI=1S/C18H20O2/c19-16-10-14-12-7-4-8-13(18(12)20)17(14)15(16)9-11-5-2-1-3-6-11/h1-3,5-6,12-15,17H,4,7-10H2/t12-,13+,14-,15+,17+/m1/s1. The molecule has 2 nitrogen and oxygen atoms in total. The molecule has 5 atom stereocenters. The molecule has 2 bridgehead atoms. The quantitative estimate of drug-likeness (QED) is 0.826. The third kappa shape index (κ3) is 1.70. The smallest absolute Gasteiger partial charge is 0.139 e. The van der Waals surface area contributed by atoms with Gasteiger partial charge in [0.15, 0.2) is 0 Å². The Kier molecular flexibility index (Phi) is 2.80. The van der Waals surface area contributed by atoms with Gasteiger partial charge in [-0.15, -0.1) is 0 Å². The van der Waals surface area contributed by atoms with Gasteiger partial charge in [0.05, 0.1) is 0 Å². The fraction of sp³-hybridized carbons (Fsp3) is 0.556. The van der Waals surface area contributed by atoms with E-state index in [2.05, 4.69) is 12.1 Å². The molecule has 3 saturated carbocycles. The van der Waals surface area contributed by atoms with Crippen molar-refractivity contribution in [3.63, 3.8) is 0 Å². The van der Waals surface area contributed by atoms with Crippen LogP contribution in [-0.2, 0) is 16.0 Å². The number of rotatable bonds is 2. The van der Waals surface area contributed by atoms with E-state index in [1.54, 1.807) is 0 Å². The Balaban J connectivity index is 1.63. The van der Waals surface area contributed by atoms with Crippen molar-refractivity contribution in [1.29, 1.82) is 0 Å². The summed E-state index contributed by atoms with van der Waals surface area (Å²) in [4.78, 5) is 24.8. The summed E-state index contributed by atoms with van der Waals surface area (Å²) in [5.74, 6) is 2.12. The van der Waals surface area contributed by atoms with Crippen LogP contribution in [0.4, 0.5) is 0 Å². The van der Waals surface area contributed by atoms with Gasteiger partial charge in [0.1, 0.15) is 11.6 Å². The highest BCUT2D eigenvalue weighted by molar-refractivity contribution is 5.93. The molecule has 0 N–H and O–H groups in total. The van der Waals surface area contributed by atoms with Crippen LogP contribution < -0.4 is 0 Å². The number of carbonyl (C=O) groups excluding carboxylic acids is 2. The molecule has 3 aliphatic rings. The van der Waals surface area contributed by atoms with Crippen LogP contribution in [0.1, 0.15) is 31.2 Å². The lowest BCUT2D eigenvalue weighted by molar-refractivity contribution is -0.128. The fourth-order valence-corrected chi connectivity index (χ4v) is 5.06. The van der Waals surface area contributed by atoms with Crippen LogP contribution in [0.2, 0.25) is 0 Å². The molecule has 3 aliphatic carbocycles. The maximum absolute atomic E-state index is 12.4. The Hall–Kier alpha value is -1.44. The van der Waals surface area contributed by atoms with Crippen molar-refractivity contribution < 1.29 is 9.59 Å². The molecule has 0 radical (unpaired) electrons. The van der Waals surface area contributed by atoms with E-state index in [4.69, 9.17) is 0 Å². The summed E-state index contributed by atoms with van der Waals surface area (Å²) in [6.07, 6.45) is 4.73. The van der Waals surface area contributed by atoms with E-state index >= 15 is 0 Å². The third-order valence-corrected chi connectivity index (χ3v) is 5.85. The predicted molar refractivity (Wildman–Crippen MR) is 76.1 cm³/mol. The Bertz CT molecular complexity index is 548. The second kappa shape index (κ2) is 4.54. The van der Waals surface area contributed by atoms with Crippen LogP contribution in [-0.4, -0.2) is 11.6 Å². The monoisotopic (exact) mass is 268 g/mol. The molecule has 1 aromatic rings. The van der Waals surface area contributed by atoms with Crippen LogP contribution in [0, 0.1) is 29.6 Å². The van der Waals surface area contributed by atoms with E-state index in [1.807, 2.05) is 18.2 Å². The molecule has 0 saturated heterocycles. The number of benzene rings is 1. The number of ketones is 2. The zero-order valence-electron chi connectivity index (χ0n) is 11.6. The highest BCUT2D eigenvalue weighted by atomic mass is 16.1. The maximum Gasteiger partial charge on any atom is 0.139 e. The van der Waals surface area contributed by atoms with Gasteiger partial charge >= 0.3 is 0 Å². The Morgan fingerprint density at radius 2 is 1.75 bits per heavy atom. The minimum atomic E-state index is 0.0967. The molecular weight excluding hydrogens is 248 g/mol. The number of Topliss-reactive ketones (excluding diaryl/α,β-unsaturated/α-hetero) is 2. The molecule has 20 heavy (non-hydrogen) atoms. The largest absolute Gasteiger partial charge is 0.299 e. The van der Waals surface area contributed by atoms with Gasteiger partial charge in [0, 0.05) is 24.2 Å². The Morgan fingerprint density at radius 3 is 2.55 bits per heavy atom. The van der Waals surface area contributed by atoms with Crippen LogP contribution >= 0.6 is 0 Å². The van der Waals surface area contributed by atoms with Crippen molar-refractivity contribution in [3.8, 4) is 0 Å². The fourth-order valence-electron chi connectivity index (χ4n) is 5.06. The zero-order chi connectivity index (χ0) is 13.7. The maximum atomic E-state index is 12.4. The number of hydrogen-bond acceptors (Lipinski definition) is 2. The second-order valence-corrected chi connectivity index (χ2v) is 6.75. The van der Waals surface area contributed by atoms with Crippen molar-refractivity contribution in [3.05, 3.63) is 35.9 Å². The zero-order valence-corrected chi connectivity index (χ0v) is 11.6. The van der Waals surface area contributed by atoms with Gasteiger partial charge in [-0.05, 0) is 36.7 Å². The molecule has 0 heterocycles. The molecule has 0 amide bonds. The van der Waals surface area contributed by atoms with Crippen LogP contribution in [0.3, 0.4) is 0 Å². The minimum absolute atomic E-state index is 0.0967. The molecular formula is C18H20O2. The molecule has 0 unspecified atom stereocenters. The van der Waals surface area contributed by atoms with E-state index in [-0.39, 0.29) is 17.8 Å². The molecule has 4 rings (SSSR count). The van der Waals surface area contributed by atoms with Gasteiger partial charge in [-0.3, -0.25) is 9.59 Å². The number of hydrogen-bond donors (Lipinski definition) is 0. The summed E-state index contributed by atoms with van der Waals surface area (Å²) in [5.41, 5.74) is 1.24. The SMILES string of the molecule is O=C1[C@H]2CCC[C@@H]1[C@H]1CC(=O)[C@H](Cc3ccccc3)[C@H]12. The highest BCUT2D eigenvalue weighted by Crippen LogP contribution is 2.56. The molecule has 1 aromatic carbocycles. The first-order chi connectivity index (χ1) is 9.75. The van der Waals surface area contributed by atoms with Crippen molar-refractivity contribution in [2.24, 2.45) is 29.6 Å². The molecule has 104 valence electrons. The van der Waals surface area contributed by atoms with E-state index in [0.717, 1.165) is 19.3 Å². The molecule has 3 fully saturated rings. The summed E-state index contributed by atoms with van der Waals surface area (Å²) in [7, 11) is 0. The second-order valence-electron chi connectivity index (χ2n) is 6.75. The first-order valence-electron chi connectivity index (χ1n) is 7.86. The van der Waals surface area contributed by atoms with Crippen LogP contribution in [0.25, 0.3) is 0 Å². The van der Waals surface area contributed by atoms with Gasteiger partial charge in [0.25, 0.3) is 0 Å². The first-order valence-corrected chi connectivity index (χ1v) is 7.86. The van der Waals surface area contributed by atoms with Crippen LogP contribution in [0.15, 0.2) is 30.3 Å². The Morgan fingerprint density at radius 1 is 1.00 bits per heavy atom. The topological polar surface area (TPSA) is 34.1 Å². The van der Waals surface area contributed by atoms with Gasteiger partial charge in [-0.1, -0.05) is 36.8 Å². The molecule has 0 aliphatic heterocycles. The molecule has 0 aromatic heterocycles. The highest BCUT2D eigenvalue weighted by Gasteiger charge is 2.58.